The molecule has 0 bridgehead atoms. The van der Waals surface area contributed by atoms with E-state index in [0.717, 1.165) is 34.5 Å². The van der Waals surface area contributed by atoms with Crippen molar-refractivity contribution < 1.29 is 21.6 Å². The number of nitrogens with one attached hydrogen (secondary N) is 1. The number of aryl methyl sites for hydroxylation is 2. The van der Waals surface area contributed by atoms with Gasteiger partial charge in [0, 0.05) is 18.8 Å². The van der Waals surface area contributed by atoms with Crippen molar-refractivity contribution in [2.24, 2.45) is 0 Å². The standard InChI is InChI=1S/C21H27N3O5S2/c1-16-6-7-17(2)20(14-16)24(30(3,26)27)15-21(25)22-18-8-10-19(11-9-18)31(28,29)23-12-4-5-13-23/h6-11,14H,4-5,12-13,15H2,1-3H3,(H,22,25). The Bertz CT molecular complexity index is 1170. The lowest BCUT2D eigenvalue weighted by atomic mass is 10.1. The Morgan fingerprint density at radius 1 is 1.00 bits per heavy atom. The van der Waals surface area contributed by atoms with Gasteiger partial charge in [-0.1, -0.05) is 12.1 Å². The summed E-state index contributed by atoms with van der Waals surface area (Å²) in [5, 5.41) is 2.64. The molecule has 10 heteroatoms. The Balaban J connectivity index is 1.75. The van der Waals surface area contributed by atoms with Crippen molar-refractivity contribution in [1.82, 2.24) is 4.31 Å². The second-order valence-corrected chi connectivity index (χ2v) is 11.6. The van der Waals surface area contributed by atoms with Crippen LogP contribution in [0, 0.1) is 13.8 Å². The molecule has 0 aliphatic carbocycles. The second-order valence-electron chi connectivity index (χ2n) is 7.74. The fourth-order valence-corrected chi connectivity index (χ4v) is 5.91. The Hall–Kier alpha value is -2.43. The van der Waals surface area contributed by atoms with E-state index < -0.39 is 32.5 Å². The number of sulfonamides is 2. The van der Waals surface area contributed by atoms with Crippen molar-refractivity contribution in [1.29, 1.82) is 0 Å². The van der Waals surface area contributed by atoms with Gasteiger partial charge in [-0.25, -0.2) is 16.8 Å². The van der Waals surface area contributed by atoms with Gasteiger partial charge in [0.05, 0.1) is 16.8 Å². The molecule has 1 heterocycles. The average molecular weight is 466 g/mol. The molecule has 0 radical (unpaired) electrons. The molecule has 1 N–H and O–H groups in total. The first-order valence-electron chi connectivity index (χ1n) is 9.93. The zero-order valence-electron chi connectivity index (χ0n) is 17.8. The molecule has 3 rings (SSSR count). The summed E-state index contributed by atoms with van der Waals surface area (Å²) in [6.45, 7) is 4.27. The molecule has 0 saturated carbocycles. The van der Waals surface area contributed by atoms with Crippen molar-refractivity contribution in [3.63, 3.8) is 0 Å². The van der Waals surface area contributed by atoms with Crippen LogP contribution in [0.15, 0.2) is 47.4 Å². The Labute approximate surface area is 184 Å². The van der Waals surface area contributed by atoms with Gasteiger partial charge in [-0.15, -0.1) is 0 Å². The lowest BCUT2D eigenvalue weighted by Crippen LogP contribution is -2.37. The van der Waals surface area contributed by atoms with E-state index in [4.69, 9.17) is 0 Å². The van der Waals surface area contributed by atoms with Gasteiger partial charge in [0.1, 0.15) is 6.54 Å². The monoisotopic (exact) mass is 465 g/mol. The highest BCUT2D eigenvalue weighted by Crippen LogP contribution is 2.25. The molecular formula is C21H27N3O5S2. The number of carbonyl (C=O) groups is 1. The summed E-state index contributed by atoms with van der Waals surface area (Å²) >= 11 is 0. The van der Waals surface area contributed by atoms with Crippen molar-refractivity contribution in [2.75, 3.05) is 35.5 Å². The second kappa shape index (κ2) is 8.97. The maximum absolute atomic E-state index is 12.6. The van der Waals surface area contributed by atoms with Crippen molar-refractivity contribution in [2.45, 2.75) is 31.6 Å². The van der Waals surface area contributed by atoms with Crippen molar-refractivity contribution in [3.8, 4) is 0 Å². The van der Waals surface area contributed by atoms with Crippen LogP contribution in [0.25, 0.3) is 0 Å². The molecule has 0 unspecified atom stereocenters. The molecule has 0 aromatic heterocycles. The molecule has 168 valence electrons. The minimum Gasteiger partial charge on any atom is -0.325 e. The van der Waals surface area contributed by atoms with Crippen LogP contribution in [0.1, 0.15) is 24.0 Å². The molecule has 31 heavy (non-hydrogen) atoms. The van der Waals surface area contributed by atoms with E-state index in [0.29, 0.717) is 24.5 Å². The highest BCUT2D eigenvalue weighted by molar-refractivity contribution is 7.92. The van der Waals surface area contributed by atoms with Crippen molar-refractivity contribution >= 4 is 37.3 Å². The molecule has 0 spiro atoms. The van der Waals surface area contributed by atoms with Gasteiger partial charge < -0.3 is 5.32 Å². The molecule has 2 aromatic carbocycles. The summed E-state index contributed by atoms with van der Waals surface area (Å²) in [7, 11) is -7.23. The minimum atomic E-state index is -3.69. The number of hydrogen-bond donors (Lipinski definition) is 1. The highest BCUT2D eigenvalue weighted by atomic mass is 32.2. The summed E-state index contributed by atoms with van der Waals surface area (Å²) in [4.78, 5) is 12.8. The largest absolute Gasteiger partial charge is 0.325 e. The van der Waals surface area contributed by atoms with Gasteiger partial charge in [-0.05, 0) is 68.1 Å². The molecule has 1 amide bonds. The van der Waals surface area contributed by atoms with Crippen LogP contribution in [-0.2, 0) is 24.8 Å². The molecule has 2 aromatic rings. The molecular weight excluding hydrogens is 438 g/mol. The van der Waals surface area contributed by atoms with Crippen LogP contribution in [-0.4, -0.2) is 52.9 Å². The summed E-state index contributed by atoms with van der Waals surface area (Å²) in [5.41, 5.74) is 2.45. The highest BCUT2D eigenvalue weighted by Gasteiger charge is 2.27. The normalized spacial score (nSPS) is 15.1. The van der Waals surface area contributed by atoms with E-state index in [9.17, 15) is 21.6 Å². The Kier molecular flexibility index (Phi) is 6.73. The van der Waals surface area contributed by atoms with Crippen LogP contribution in [0.4, 0.5) is 11.4 Å². The summed E-state index contributed by atoms with van der Waals surface area (Å²) in [6, 6.07) is 11.3. The number of carbonyl (C=O) groups excluding carboxylic acids is 1. The third kappa shape index (κ3) is 5.44. The molecule has 1 fully saturated rings. The van der Waals surface area contributed by atoms with Crippen LogP contribution in [0.2, 0.25) is 0 Å². The Morgan fingerprint density at radius 3 is 2.19 bits per heavy atom. The van der Waals surface area contributed by atoms with E-state index in [-0.39, 0.29) is 4.90 Å². The number of hydrogen-bond acceptors (Lipinski definition) is 5. The van der Waals surface area contributed by atoms with Crippen LogP contribution >= 0.6 is 0 Å². The number of benzene rings is 2. The predicted octanol–water partition coefficient (Wildman–Crippen LogP) is 2.49. The lowest BCUT2D eigenvalue weighted by Gasteiger charge is -2.24. The maximum atomic E-state index is 12.6. The molecule has 8 nitrogen and oxygen atoms in total. The van der Waals surface area contributed by atoms with Gasteiger partial charge in [0.25, 0.3) is 0 Å². The van der Waals surface area contributed by atoms with E-state index in [2.05, 4.69) is 5.32 Å². The van der Waals surface area contributed by atoms with Gasteiger partial charge in [0.2, 0.25) is 26.0 Å². The van der Waals surface area contributed by atoms with Gasteiger partial charge in [-0.3, -0.25) is 9.10 Å². The fourth-order valence-electron chi connectivity index (χ4n) is 3.49. The summed E-state index contributed by atoms with van der Waals surface area (Å²) in [6.07, 6.45) is 2.76. The summed E-state index contributed by atoms with van der Waals surface area (Å²) in [5.74, 6) is -0.526. The zero-order valence-corrected chi connectivity index (χ0v) is 19.5. The number of rotatable bonds is 7. The zero-order chi connectivity index (χ0) is 22.8. The maximum Gasteiger partial charge on any atom is 0.245 e. The predicted molar refractivity (Wildman–Crippen MR) is 121 cm³/mol. The SMILES string of the molecule is Cc1ccc(C)c(N(CC(=O)Nc2ccc(S(=O)(=O)N3CCCC3)cc2)S(C)(=O)=O)c1. The first-order valence-corrected chi connectivity index (χ1v) is 13.2. The van der Waals surface area contributed by atoms with Gasteiger partial charge in [-0.2, -0.15) is 4.31 Å². The van der Waals surface area contributed by atoms with E-state index >= 15 is 0 Å². The van der Waals surface area contributed by atoms with Crippen molar-refractivity contribution in [3.05, 3.63) is 53.6 Å². The first-order chi connectivity index (χ1) is 14.5. The molecule has 1 aliphatic heterocycles. The van der Waals surface area contributed by atoms with Crippen LogP contribution in [0.5, 0.6) is 0 Å². The first kappa shape index (κ1) is 23.2. The Morgan fingerprint density at radius 2 is 1.61 bits per heavy atom. The number of anilines is 2. The summed E-state index contributed by atoms with van der Waals surface area (Å²) < 4.78 is 52.4. The lowest BCUT2D eigenvalue weighted by molar-refractivity contribution is -0.114. The quantitative estimate of drug-likeness (QED) is 0.677. The van der Waals surface area contributed by atoms with E-state index in [1.807, 2.05) is 13.0 Å². The third-order valence-corrected chi connectivity index (χ3v) is 8.20. The minimum absolute atomic E-state index is 0.167. The van der Waals surface area contributed by atoms with E-state index in [1.54, 1.807) is 19.1 Å². The molecule has 1 saturated heterocycles. The number of amides is 1. The van der Waals surface area contributed by atoms with Gasteiger partial charge in [0.15, 0.2) is 0 Å². The van der Waals surface area contributed by atoms with E-state index in [1.165, 1.54) is 28.6 Å². The molecule has 0 atom stereocenters. The fraction of sp³-hybridized carbons (Fsp3) is 0.381. The van der Waals surface area contributed by atoms with Gasteiger partial charge >= 0.3 is 0 Å². The van der Waals surface area contributed by atoms with Crippen LogP contribution in [0.3, 0.4) is 0 Å². The third-order valence-electron chi connectivity index (χ3n) is 5.16. The average Bonchev–Trinajstić information content (AvgIpc) is 3.23. The molecule has 1 aliphatic rings. The smallest absolute Gasteiger partial charge is 0.245 e. The van der Waals surface area contributed by atoms with Crippen LogP contribution < -0.4 is 9.62 Å². The number of nitrogens with zero attached hydrogens (tertiary/aromatic N) is 2. The topological polar surface area (TPSA) is 104 Å².